The van der Waals surface area contributed by atoms with Crippen molar-refractivity contribution in [3.63, 3.8) is 0 Å². The predicted octanol–water partition coefficient (Wildman–Crippen LogP) is 2.63. The summed E-state index contributed by atoms with van der Waals surface area (Å²) in [5, 5.41) is 11.9. The number of benzene rings is 1. The second-order valence-corrected chi connectivity index (χ2v) is 8.36. The fourth-order valence-electron chi connectivity index (χ4n) is 3.06. The number of nitrogens with one attached hydrogen (secondary N) is 2. The smallest absolute Gasteiger partial charge is 0.238 e. The molecule has 1 aromatic carbocycles. The minimum Gasteiger partial charge on any atom is -0.357 e. The van der Waals surface area contributed by atoms with E-state index in [9.17, 15) is 8.42 Å². The summed E-state index contributed by atoms with van der Waals surface area (Å²) in [5.41, 5.74) is 1.04. The van der Waals surface area contributed by atoms with E-state index in [1.807, 2.05) is 0 Å². The van der Waals surface area contributed by atoms with Gasteiger partial charge in [-0.05, 0) is 62.6 Å². The Hall–Kier alpha value is -0.870. The zero-order chi connectivity index (χ0) is 18.3. The number of halogens is 1. The SMILES string of the molecule is CCNC(=NCCc1ccc(S(N)(=O)=O)cc1)NC1CCC(C)CC1.I. The Balaban J connectivity index is 0.00000338. The first-order valence-corrected chi connectivity index (χ1v) is 10.6. The molecule has 6 nitrogen and oxygen atoms in total. The van der Waals surface area contributed by atoms with Crippen molar-refractivity contribution in [3.05, 3.63) is 29.8 Å². The van der Waals surface area contributed by atoms with E-state index in [0.29, 0.717) is 12.6 Å². The van der Waals surface area contributed by atoms with Crippen LogP contribution < -0.4 is 15.8 Å². The molecule has 0 aromatic heterocycles. The zero-order valence-electron chi connectivity index (χ0n) is 15.6. The highest BCUT2D eigenvalue weighted by Gasteiger charge is 2.18. The molecule has 1 saturated carbocycles. The van der Waals surface area contributed by atoms with E-state index in [1.54, 1.807) is 24.3 Å². The van der Waals surface area contributed by atoms with Gasteiger partial charge in [-0.1, -0.05) is 19.1 Å². The Morgan fingerprint density at radius 2 is 1.81 bits per heavy atom. The van der Waals surface area contributed by atoms with E-state index in [-0.39, 0.29) is 28.9 Å². The number of sulfonamides is 1. The highest BCUT2D eigenvalue weighted by atomic mass is 127. The van der Waals surface area contributed by atoms with Crippen molar-refractivity contribution in [2.24, 2.45) is 16.0 Å². The molecule has 0 unspecified atom stereocenters. The number of primary sulfonamides is 1. The minimum atomic E-state index is -3.63. The maximum Gasteiger partial charge on any atom is 0.238 e. The predicted molar refractivity (Wildman–Crippen MR) is 117 cm³/mol. The van der Waals surface area contributed by atoms with Gasteiger partial charge in [-0.3, -0.25) is 4.99 Å². The van der Waals surface area contributed by atoms with Crippen LogP contribution in [0.2, 0.25) is 0 Å². The quantitative estimate of drug-likeness (QED) is 0.322. The molecule has 0 radical (unpaired) electrons. The third-order valence-electron chi connectivity index (χ3n) is 4.62. The molecule has 0 heterocycles. The van der Waals surface area contributed by atoms with E-state index in [2.05, 4.69) is 29.5 Å². The van der Waals surface area contributed by atoms with Gasteiger partial charge in [-0.2, -0.15) is 0 Å². The highest BCUT2D eigenvalue weighted by Crippen LogP contribution is 2.23. The van der Waals surface area contributed by atoms with E-state index < -0.39 is 10.0 Å². The fourth-order valence-corrected chi connectivity index (χ4v) is 3.58. The first-order valence-electron chi connectivity index (χ1n) is 9.05. The van der Waals surface area contributed by atoms with Gasteiger partial charge in [-0.15, -0.1) is 24.0 Å². The lowest BCUT2D eigenvalue weighted by Crippen LogP contribution is -2.44. The maximum absolute atomic E-state index is 11.3. The monoisotopic (exact) mass is 494 g/mol. The summed E-state index contributed by atoms with van der Waals surface area (Å²) in [6.07, 6.45) is 5.69. The first-order chi connectivity index (χ1) is 11.9. The summed E-state index contributed by atoms with van der Waals surface area (Å²) in [4.78, 5) is 4.78. The average Bonchev–Trinajstić information content (AvgIpc) is 2.57. The van der Waals surface area contributed by atoms with Crippen LogP contribution >= 0.6 is 24.0 Å². The van der Waals surface area contributed by atoms with Crippen LogP contribution in [-0.4, -0.2) is 33.5 Å². The van der Waals surface area contributed by atoms with Crippen molar-refractivity contribution >= 4 is 40.0 Å². The highest BCUT2D eigenvalue weighted by molar-refractivity contribution is 14.0. The normalized spacial score (nSPS) is 21.0. The molecular weight excluding hydrogens is 463 g/mol. The summed E-state index contributed by atoms with van der Waals surface area (Å²) in [6, 6.07) is 7.17. The number of hydrogen-bond donors (Lipinski definition) is 3. The van der Waals surface area contributed by atoms with E-state index in [4.69, 9.17) is 5.14 Å². The topological polar surface area (TPSA) is 96.6 Å². The number of rotatable bonds is 6. The van der Waals surface area contributed by atoms with Gasteiger partial charge >= 0.3 is 0 Å². The van der Waals surface area contributed by atoms with Crippen molar-refractivity contribution in [2.45, 2.75) is 56.9 Å². The van der Waals surface area contributed by atoms with Crippen LogP contribution in [0.4, 0.5) is 0 Å². The third-order valence-corrected chi connectivity index (χ3v) is 5.55. The molecule has 2 rings (SSSR count). The van der Waals surface area contributed by atoms with E-state index in [0.717, 1.165) is 30.4 Å². The summed E-state index contributed by atoms with van der Waals surface area (Å²) >= 11 is 0. The Morgan fingerprint density at radius 3 is 2.35 bits per heavy atom. The number of nitrogens with two attached hydrogens (primary N) is 1. The second-order valence-electron chi connectivity index (χ2n) is 6.80. The molecule has 0 amide bonds. The molecule has 26 heavy (non-hydrogen) atoms. The molecule has 0 bridgehead atoms. The van der Waals surface area contributed by atoms with Gasteiger partial charge < -0.3 is 10.6 Å². The lowest BCUT2D eigenvalue weighted by Gasteiger charge is -2.28. The molecule has 148 valence electrons. The van der Waals surface area contributed by atoms with Crippen LogP contribution in [0.25, 0.3) is 0 Å². The van der Waals surface area contributed by atoms with Crippen molar-refractivity contribution in [1.29, 1.82) is 0 Å². The Kier molecular flexibility index (Phi) is 9.88. The molecule has 1 aliphatic carbocycles. The number of guanidine groups is 1. The molecule has 1 fully saturated rings. The Labute approximate surface area is 174 Å². The van der Waals surface area contributed by atoms with Crippen LogP contribution in [0.3, 0.4) is 0 Å². The lowest BCUT2D eigenvalue weighted by atomic mass is 9.87. The van der Waals surface area contributed by atoms with Crippen molar-refractivity contribution < 1.29 is 8.42 Å². The molecule has 1 aliphatic rings. The minimum absolute atomic E-state index is 0. The summed E-state index contributed by atoms with van der Waals surface area (Å²) < 4.78 is 22.5. The number of nitrogens with zero attached hydrogens (tertiary/aromatic N) is 1. The zero-order valence-corrected chi connectivity index (χ0v) is 18.7. The summed E-state index contributed by atoms with van der Waals surface area (Å²) in [7, 11) is -3.63. The molecule has 8 heteroatoms. The first kappa shape index (κ1) is 23.2. The molecular formula is C18H31IN4O2S. The molecule has 0 spiro atoms. The van der Waals surface area contributed by atoms with Gasteiger partial charge in [0.25, 0.3) is 0 Å². The third kappa shape index (κ3) is 7.79. The number of hydrogen-bond acceptors (Lipinski definition) is 3. The molecule has 0 aliphatic heterocycles. The Bertz CT molecular complexity index is 669. The van der Waals surface area contributed by atoms with Crippen LogP contribution in [0, 0.1) is 5.92 Å². The molecule has 4 N–H and O–H groups in total. The van der Waals surface area contributed by atoms with Crippen LogP contribution in [0.15, 0.2) is 34.2 Å². The average molecular weight is 494 g/mol. The second kappa shape index (κ2) is 11.1. The van der Waals surface area contributed by atoms with Gasteiger partial charge in [0.1, 0.15) is 0 Å². The van der Waals surface area contributed by atoms with Gasteiger partial charge in [0.05, 0.1) is 4.90 Å². The molecule has 1 aromatic rings. The van der Waals surface area contributed by atoms with E-state index in [1.165, 1.54) is 25.7 Å². The summed E-state index contributed by atoms with van der Waals surface area (Å²) in [6.45, 7) is 5.86. The van der Waals surface area contributed by atoms with Crippen molar-refractivity contribution in [2.75, 3.05) is 13.1 Å². The maximum atomic E-state index is 11.3. The van der Waals surface area contributed by atoms with Gasteiger partial charge in [0.15, 0.2) is 5.96 Å². The largest absolute Gasteiger partial charge is 0.357 e. The van der Waals surface area contributed by atoms with Crippen LogP contribution in [0.1, 0.15) is 45.1 Å². The Morgan fingerprint density at radius 1 is 1.19 bits per heavy atom. The molecule has 0 saturated heterocycles. The van der Waals surface area contributed by atoms with E-state index >= 15 is 0 Å². The van der Waals surface area contributed by atoms with Crippen molar-refractivity contribution in [3.8, 4) is 0 Å². The fraction of sp³-hybridized carbons (Fsp3) is 0.611. The van der Waals surface area contributed by atoms with Gasteiger partial charge in [0.2, 0.25) is 10.0 Å². The van der Waals surface area contributed by atoms with Crippen LogP contribution in [0.5, 0.6) is 0 Å². The van der Waals surface area contributed by atoms with Crippen molar-refractivity contribution in [1.82, 2.24) is 10.6 Å². The standard InChI is InChI=1S/C18H30N4O2S.HI/c1-3-20-18(22-16-8-4-14(2)5-9-16)21-13-12-15-6-10-17(11-7-15)25(19,23)24;/h6-7,10-11,14,16H,3-5,8-9,12-13H2,1-2H3,(H2,19,23,24)(H2,20,21,22);1H. The lowest BCUT2D eigenvalue weighted by molar-refractivity contribution is 0.329. The van der Waals surface area contributed by atoms with Gasteiger partial charge in [0, 0.05) is 19.1 Å². The molecule has 0 atom stereocenters. The van der Waals surface area contributed by atoms with Crippen LogP contribution in [-0.2, 0) is 16.4 Å². The van der Waals surface area contributed by atoms with Gasteiger partial charge in [-0.25, -0.2) is 13.6 Å². The number of aliphatic imine (C=N–C) groups is 1. The summed E-state index contributed by atoms with van der Waals surface area (Å²) in [5.74, 6) is 1.70.